The maximum absolute atomic E-state index is 12.6. The zero-order valence-electron chi connectivity index (χ0n) is 16.5. The van der Waals surface area contributed by atoms with Crippen LogP contribution in [0.3, 0.4) is 0 Å². The topological polar surface area (TPSA) is 46.9 Å². The van der Waals surface area contributed by atoms with E-state index in [-0.39, 0.29) is 11.4 Å². The third kappa shape index (κ3) is 5.07. The molecule has 1 amide bonds. The number of carbonyl (C=O) groups excluding carboxylic acids is 1. The van der Waals surface area contributed by atoms with Crippen LogP contribution in [0.4, 0.5) is 0 Å². The standard InChI is InChI=1S/C23H27N3O/c1-17-14-18(2)26(25-17)16-20-10-12-21(13-11-20)22(27)24-23(3,4)15-19-8-6-5-7-9-19/h5-14H,15-16H2,1-4H3,(H,24,27). The molecule has 0 aliphatic heterocycles. The molecule has 2 aromatic carbocycles. The van der Waals surface area contributed by atoms with Gasteiger partial charge in [-0.25, -0.2) is 0 Å². The first-order chi connectivity index (χ1) is 12.8. The zero-order valence-corrected chi connectivity index (χ0v) is 16.5. The van der Waals surface area contributed by atoms with Crippen molar-refractivity contribution < 1.29 is 4.79 Å². The van der Waals surface area contributed by atoms with Crippen LogP contribution in [-0.2, 0) is 13.0 Å². The lowest BCUT2D eigenvalue weighted by molar-refractivity contribution is 0.0913. The first-order valence-corrected chi connectivity index (χ1v) is 9.29. The van der Waals surface area contributed by atoms with Gasteiger partial charge in [-0.05, 0) is 63.4 Å². The second-order valence-electron chi connectivity index (χ2n) is 7.78. The van der Waals surface area contributed by atoms with Crippen LogP contribution in [0.2, 0.25) is 0 Å². The minimum Gasteiger partial charge on any atom is -0.347 e. The molecular weight excluding hydrogens is 334 g/mol. The molecule has 0 spiro atoms. The molecular formula is C23H27N3O. The average molecular weight is 361 g/mol. The van der Waals surface area contributed by atoms with Gasteiger partial charge in [-0.1, -0.05) is 42.5 Å². The van der Waals surface area contributed by atoms with Gasteiger partial charge in [-0.3, -0.25) is 9.48 Å². The Hall–Kier alpha value is -2.88. The van der Waals surface area contributed by atoms with E-state index in [9.17, 15) is 4.79 Å². The number of nitrogens with one attached hydrogen (secondary N) is 1. The van der Waals surface area contributed by atoms with Crippen LogP contribution in [0.5, 0.6) is 0 Å². The SMILES string of the molecule is Cc1cc(C)n(Cc2ccc(C(=O)NC(C)(C)Cc3ccccc3)cc2)n1. The number of nitrogens with zero attached hydrogens (tertiary/aromatic N) is 2. The third-order valence-electron chi connectivity index (χ3n) is 4.59. The molecule has 0 unspecified atom stereocenters. The Kier molecular flexibility index (Phi) is 5.45. The summed E-state index contributed by atoms with van der Waals surface area (Å²) < 4.78 is 1.98. The summed E-state index contributed by atoms with van der Waals surface area (Å²) in [4.78, 5) is 12.6. The van der Waals surface area contributed by atoms with Crippen LogP contribution in [-0.4, -0.2) is 21.2 Å². The number of aryl methyl sites for hydroxylation is 2. The smallest absolute Gasteiger partial charge is 0.251 e. The highest BCUT2D eigenvalue weighted by molar-refractivity contribution is 5.94. The van der Waals surface area contributed by atoms with E-state index < -0.39 is 0 Å². The van der Waals surface area contributed by atoms with Crippen molar-refractivity contribution in [1.29, 1.82) is 0 Å². The van der Waals surface area contributed by atoms with Gasteiger partial charge in [0.15, 0.2) is 0 Å². The largest absolute Gasteiger partial charge is 0.347 e. The Morgan fingerprint density at radius 3 is 2.26 bits per heavy atom. The molecule has 4 heteroatoms. The Bertz CT molecular complexity index is 909. The minimum atomic E-state index is -0.319. The molecule has 3 aromatic rings. The van der Waals surface area contributed by atoms with Gasteiger partial charge in [0, 0.05) is 16.8 Å². The van der Waals surface area contributed by atoms with Crippen LogP contribution in [0.15, 0.2) is 60.7 Å². The van der Waals surface area contributed by atoms with Gasteiger partial charge >= 0.3 is 0 Å². The molecule has 0 saturated heterocycles. The van der Waals surface area contributed by atoms with Crippen molar-refractivity contribution in [3.63, 3.8) is 0 Å². The van der Waals surface area contributed by atoms with Crippen molar-refractivity contribution >= 4 is 5.91 Å². The fourth-order valence-electron chi connectivity index (χ4n) is 3.30. The fourth-order valence-corrected chi connectivity index (χ4v) is 3.30. The molecule has 1 aromatic heterocycles. The molecule has 0 aliphatic rings. The summed E-state index contributed by atoms with van der Waals surface area (Å²) in [7, 11) is 0. The monoisotopic (exact) mass is 361 g/mol. The van der Waals surface area contributed by atoms with Crippen LogP contribution in [0.1, 0.15) is 46.7 Å². The molecule has 0 aliphatic carbocycles. The van der Waals surface area contributed by atoms with Gasteiger partial charge in [-0.15, -0.1) is 0 Å². The van der Waals surface area contributed by atoms with Crippen LogP contribution >= 0.6 is 0 Å². The lowest BCUT2D eigenvalue weighted by atomic mass is 9.94. The molecule has 3 rings (SSSR count). The van der Waals surface area contributed by atoms with Gasteiger partial charge in [0.25, 0.3) is 5.91 Å². The maximum Gasteiger partial charge on any atom is 0.251 e. The quantitative estimate of drug-likeness (QED) is 0.711. The van der Waals surface area contributed by atoms with Crippen molar-refractivity contribution in [1.82, 2.24) is 15.1 Å². The number of benzene rings is 2. The van der Waals surface area contributed by atoms with Gasteiger partial charge in [-0.2, -0.15) is 5.10 Å². The van der Waals surface area contributed by atoms with Crippen LogP contribution in [0, 0.1) is 13.8 Å². The molecule has 4 nitrogen and oxygen atoms in total. The average Bonchev–Trinajstić information content (AvgIpc) is 2.92. The van der Waals surface area contributed by atoms with Crippen molar-refractivity contribution in [3.05, 3.63) is 88.7 Å². The second-order valence-corrected chi connectivity index (χ2v) is 7.78. The Morgan fingerprint density at radius 1 is 1.00 bits per heavy atom. The Balaban J connectivity index is 1.64. The molecule has 0 fully saturated rings. The van der Waals surface area contributed by atoms with Crippen molar-refractivity contribution in [3.8, 4) is 0 Å². The first-order valence-electron chi connectivity index (χ1n) is 9.29. The summed E-state index contributed by atoms with van der Waals surface area (Å²) in [6.07, 6.45) is 0.787. The normalized spacial score (nSPS) is 11.4. The molecule has 0 atom stereocenters. The summed E-state index contributed by atoms with van der Waals surface area (Å²) >= 11 is 0. The summed E-state index contributed by atoms with van der Waals surface area (Å²) in [5.41, 5.74) is 4.85. The van der Waals surface area contributed by atoms with E-state index in [0.29, 0.717) is 12.1 Å². The number of carbonyl (C=O) groups is 1. The van der Waals surface area contributed by atoms with Crippen molar-refractivity contribution in [2.45, 2.75) is 46.2 Å². The molecule has 0 bridgehead atoms. The lowest BCUT2D eigenvalue weighted by Gasteiger charge is -2.26. The summed E-state index contributed by atoms with van der Waals surface area (Å²) in [5, 5.41) is 7.63. The predicted octanol–water partition coefficient (Wildman–Crippen LogP) is 4.30. The summed E-state index contributed by atoms with van der Waals surface area (Å²) in [6.45, 7) is 8.86. The second kappa shape index (κ2) is 7.78. The highest BCUT2D eigenvalue weighted by Gasteiger charge is 2.21. The van der Waals surface area contributed by atoms with Crippen molar-refractivity contribution in [2.24, 2.45) is 0 Å². The summed E-state index contributed by atoms with van der Waals surface area (Å²) in [6, 6.07) is 20.0. The summed E-state index contributed by atoms with van der Waals surface area (Å²) in [5.74, 6) is -0.0476. The van der Waals surface area contributed by atoms with Gasteiger partial charge in [0.1, 0.15) is 0 Å². The number of rotatable bonds is 6. The predicted molar refractivity (Wildman–Crippen MR) is 109 cm³/mol. The number of amides is 1. The van der Waals surface area contributed by atoms with Crippen LogP contribution in [0.25, 0.3) is 0 Å². The molecule has 140 valence electrons. The Labute approximate surface area is 161 Å². The molecule has 0 saturated carbocycles. The third-order valence-corrected chi connectivity index (χ3v) is 4.59. The number of aromatic nitrogens is 2. The van der Waals surface area contributed by atoms with E-state index in [0.717, 1.165) is 23.4 Å². The molecule has 0 radical (unpaired) electrons. The van der Waals surface area contributed by atoms with Crippen molar-refractivity contribution in [2.75, 3.05) is 0 Å². The minimum absolute atomic E-state index is 0.0476. The highest BCUT2D eigenvalue weighted by Crippen LogP contribution is 2.15. The fraction of sp³-hybridized carbons (Fsp3) is 0.304. The van der Waals surface area contributed by atoms with E-state index in [2.05, 4.69) is 49.4 Å². The van der Waals surface area contributed by atoms with E-state index in [1.807, 2.05) is 54.1 Å². The number of hydrogen-bond acceptors (Lipinski definition) is 2. The molecule has 27 heavy (non-hydrogen) atoms. The van der Waals surface area contributed by atoms with E-state index in [1.54, 1.807) is 0 Å². The van der Waals surface area contributed by atoms with Gasteiger partial charge < -0.3 is 5.32 Å². The van der Waals surface area contributed by atoms with E-state index in [1.165, 1.54) is 5.56 Å². The molecule has 1 heterocycles. The zero-order chi connectivity index (χ0) is 19.4. The van der Waals surface area contributed by atoms with Gasteiger partial charge in [0.2, 0.25) is 0 Å². The van der Waals surface area contributed by atoms with E-state index in [4.69, 9.17) is 0 Å². The lowest BCUT2D eigenvalue weighted by Crippen LogP contribution is -2.45. The van der Waals surface area contributed by atoms with Gasteiger partial charge in [0.05, 0.1) is 12.2 Å². The number of hydrogen-bond donors (Lipinski definition) is 1. The van der Waals surface area contributed by atoms with Crippen LogP contribution < -0.4 is 5.32 Å². The maximum atomic E-state index is 12.6. The highest BCUT2D eigenvalue weighted by atomic mass is 16.1. The Morgan fingerprint density at radius 2 is 1.67 bits per heavy atom. The van der Waals surface area contributed by atoms with E-state index >= 15 is 0 Å². The molecule has 1 N–H and O–H groups in total. The first kappa shape index (κ1) is 18.9.